The van der Waals surface area contributed by atoms with E-state index < -0.39 is 0 Å². The molecule has 2 aromatic heterocycles. The van der Waals surface area contributed by atoms with Crippen LogP contribution in [0.1, 0.15) is 30.3 Å². The smallest absolute Gasteiger partial charge is 0.178 e. The molecule has 0 aliphatic carbocycles. The molecular formula is C16H18N2S2. The van der Waals surface area contributed by atoms with Gasteiger partial charge >= 0.3 is 0 Å². The second-order valence-corrected chi connectivity index (χ2v) is 6.84. The summed E-state index contributed by atoms with van der Waals surface area (Å²) < 4.78 is 3.08. The van der Waals surface area contributed by atoms with Gasteiger partial charge in [-0.2, -0.15) is 0 Å². The number of thiophene rings is 1. The van der Waals surface area contributed by atoms with Gasteiger partial charge in [0.1, 0.15) is 0 Å². The minimum atomic E-state index is 0.290. The lowest BCUT2D eigenvalue weighted by atomic mass is 10.0. The lowest BCUT2D eigenvalue weighted by molar-refractivity contribution is 0.449. The Morgan fingerprint density at radius 1 is 1.20 bits per heavy atom. The van der Waals surface area contributed by atoms with Gasteiger partial charge < -0.3 is 9.55 Å². The predicted molar refractivity (Wildman–Crippen MR) is 89.2 cm³/mol. The maximum Gasteiger partial charge on any atom is 0.178 e. The fourth-order valence-electron chi connectivity index (χ4n) is 2.78. The number of H-pyrrole nitrogens is 1. The van der Waals surface area contributed by atoms with E-state index in [1.165, 1.54) is 16.0 Å². The van der Waals surface area contributed by atoms with Gasteiger partial charge in [0.2, 0.25) is 0 Å². The summed E-state index contributed by atoms with van der Waals surface area (Å²) in [6.45, 7) is 6.62. The summed E-state index contributed by atoms with van der Waals surface area (Å²) in [7, 11) is 0. The number of fused-ring (bicyclic) bond motifs is 1. The summed E-state index contributed by atoms with van der Waals surface area (Å²) >= 11 is 7.39. The van der Waals surface area contributed by atoms with Crippen LogP contribution in [0, 0.1) is 17.6 Å². The van der Waals surface area contributed by atoms with Crippen molar-refractivity contribution in [1.82, 2.24) is 9.55 Å². The maximum atomic E-state index is 5.59. The monoisotopic (exact) mass is 302 g/mol. The molecule has 0 fully saturated rings. The number of nitrogens with zero attached hydrogens (tertiary/aromatic N) is 1. The van der Waals surface area contributed by atoms with Crippen LogP contribution in [-0.2, 0) is 0 Å². The molecule has 0 saturated carbocycles. The van der Waals surface area contributed by atoms with Gasteiger partial charge in [0.25, 0.3) is 0 Å². The average Bonchev–Trinajstić information content (AvgIpc) is 3.01. The molecule has 0 spiro atoms. The van der Waals surface area contributed by atoms with Crippen molar-refractivity contribution in [2.24, 2.45) is 5.92 Å². The first kappa shape index (κ1) is 13.6. The molecule has 1 aromatic carbocycles. The number of hydrogen-bond donors (Lipinski definition) is 1. The zero-order chi connectivity index (χ0) is 14.3. The average molecular weight is 302 g/mol. The van der Waals surface area contributed by atoms with Crippen molar-refractivity contribution in [2.75, 3.05) is 0 Å². The highest BCUT2D eigenvalue weighted by molar-refractivity contribution is 7.71. The quantitative estimate of drug-likeness (QED) is 0.650. The fraction of sp³-hybridized carbons (Fsp3) is 0.312. The molecule has 104 valence electrons. The number of rotatable bonds is 3. The van der Waals surface area contributed by atoms with Crippen LogP contribution < -0.4 is 0 Å². The molecule has 1 atom stereocenters. The minimum Gasteiger partial charge on any atom is -0.330 e. The van der Waals surface area contributed by atoms with Gasteiger partial charge in [0.05, 0.1) is 17.1 Å². The number of nitrogens with one attached hydrogen (secondary N) is 1. The van der Waals surface area contributed by atoms with Gasteiger partial charge in [-0.05, 0) is 48.1 Å². The highest BCUT2D eigenvalue weighted by Crippen LogP contribution is 2.33. The molecule has 0 bridgehead atoms. The van der Waals surface area contributed by atoms with Gasteiger partial charge in [-0.3, -0.25) is 0 Å². The number of aryl methyl sites for hydroxylation is 1. The predicted octanol–water partition coefficient (Wildman–Crippen LogP) is 5.31. The Morgan fingerprint density at radius 2 is 2.00 bits per heavy atom. The zero-order valence-corrected chi connectivity index (χ0v) is 13.5. The summed E-state index contributed by atoms with van der Waals surface area (Å²) in [5.41, 5.74) is 3.59. The highest BCUT2D eigenvalue weighted by Gasteiger charge is 2.22. The Kier molecular flexibility index (Phi) is 3.52. The molecule has 3 aromatic rings. The fourth-order valence-corrected chi connectivity index (χ4v) is 4.08. The van der Waals surface area contributed by atoms with Gasteiger partial charge in [-0.25, -0.2) is 0 Å². The minimum absolute atomic E-state index is 0.290. The number of para-hydroxylation sites is 1. The molecule has 2 heterocycles. The number of hydrogen-bond acceptors (Lipinski definition) is 2. The molecule has 4 heteroatoms. The molecule has 1 unspecified atom stereocenters. The van der Waals surface area contributed by atoms with Crippen molar-refractivity contribution in [3.8, 4) is 0 Å². The van der Waals surface area contributed by atoms with Crippen molar-refractivity contribution in [2.45, 2.75) is 26.8 Å². The molecule has 0 radical (unpaired) electrons. The largest absolute Gasteiger partial charge is 0.330 e. The number of aromatic nitrogens is 2. The van der Waals surface area contributed by atoms with Gasteiger partial charge in [-0.1, -0.05) is 32.0 Å². The molecular weight excluding hydrogens is 284 g/mol. The van der Waals surface area contributed by atoms with E-state index in [4.69, 9.17) is 12.2 Å². The molecule has 20 heavy (non-hydrogen) atoms. The topological polar surface area (TPSA) is 20.7 Å². The van der Waals surface area contributed by atoms with Crippen molar-refractivity contribution in [3.63, 3.8) is 0 Å². The number of imidazole rings is 1. The van der Waals surface area contributed by atoms with Crippen LogP contribution in [0.15, 0.2) is 35.7 Å². The third-order valence-electron chi connectivity index (χ3n) is 3.71. The van der Waals surface area contributed by atoms with E-state index >= 15 is 0 Å². The van der Waals surface area contributed by atoms with Crippen LogP contribution in [0.3, 0.4) is 0 Å². The van der Waals surface area contributed by atoms with Crippen LogP contribution in [0.2, 0.25) is 0 Å². The van der Waals surface area contributed by atoms with E-state index in [1.807, 2.05) is 0 Å². The van der Waals surface area contributed by atoms with Gasteiger partial charge in [-0.15, -0.1) is 11.3 Å². The second-order valence-electron chi connectivity index (χ2n) is 5.47. The van der Waals surface area contributed by atoms with Crippen LogP contribution in [0.25, 0.3) is 11.0 Å². The first-order valence-electron chi connectivity index (χ1n) is 6.83. The van der Waals surface area contributed by atoms with E-state index in [9.17, 15) is 0 Å². The third-order valence-corrected chi connectivity index (χ3v) is 4.95. The van der Waals surface area contributed by atoms with Crippen molar-refractivity contribution in [3.05, 3.63) is 50.9 Å². The molecule has 0 saturated heterocycles. The Morgan fingerprint density at radius 3 is 2.65 bits per heavy atom. The number of aromatic amines is 1. The first-order chi connectivity index (χ1) is 9.59. The molecule has 1 N–H and O–H groups in total. The molecule has 0 amide bonds. The van der Waals surface area contributed by atoms with Crippen molar-refractivity contribution >= 4 is 34.6 Å². The lowest BCUT2D eigenvalue weighted by Gasteiger charge is -2.22. The van der Waals surface area contributed by atoms with Crippen molar-refractivity contribution < 1.29 is 0 Å². The Hall–Kier alpha value is -1.39. The van der Waals surface area contributed by atoms with Crippen LogP contribution >= 0.6 is 23.6 Å². The standard InChI is InChI=1S/C16H18N2S2/c1-10(2)15(13-8-5-9-20-13)18-12-7-4-6-11(3)14(12)17-16(18)19/h4-10,15H,1-3H3,(H,17,19). The van der Waals surface area contributed by atoms with Gasteiger partial charge in [0.15, 0.2) is 4.77 Å². The van der Waals surface area contributed by atoms with Crippen LogP contribution in [-0.4, -0.2) is 9.55 Å². The molecule has 3 rings (SSSR count). The Balaban J connectivity index is 2.30. The maximum absolute atomic E-state index is 5.59. The summed E-state index contributed by atoms with van der Waals surface area (Å²) in [6.07, 6.45) is 0. The van der Waals surface area contributed by atoms with E-state index in [0.717, 1.165) is 10.3 Å². The van der Waals surface area contributed by atoms with Gasteiger partial charge in [0, 0.05) is 4.88 Å². The summed E-state index contributed by atoms with van der Waals surface area (Å²) in [5, 5.41) is 2.13. The Bertz CT molecular complexity index is 779. The highest BCUT2D eigenvalue weighted by atomic mass is 32.1. The second kappa shape index (κ2) is 5.19. The lowest BCUT2D eigenvalue weighted by Crippen LogP contribution is -2.15. The first-order valence-corrected chi connectivity index (χ1v) is 8.11. The summed E-state index contributed by atoms with van der Waals surface area (Å²) in [5.74, 6) is 0.486. The van der Waals surface area contributed by atoms with Crippen molar-refractivity contribution in [1.29, 1.82) is 0 Å². The van der Waals surface area contributed by atoms with E-state index in [0.29, 0.717) is 5.92 Å². The third kappa shape index (κ3) is 2.13. The van der Waals surface area contributed by atoms with E-state index in [2.05, 4.69) is 66.0 Å². The summed E-state index contributed by atoms with van der Waals surface area (Å²) in [6, 6.07) is 11.0. The Labute approximate surface area is 128 Å². The zero-order valence-electron chi connectivity index (χ0n) is 11.9. The molecule has 0 aliphatic rings. The number of benzene rings is 1. The van der Waals surface area contributed by atoms with E-state index in [1.54, 1.807) is 11.3 Å². The summed E-state index contributed by atoms with van der Waals surface area (Å²) in [4.78, 5) is 4.73. The molecule has 0 aliphatic heterocycles. The normalized spacial score (nSPS) is 13.2. The van der Waals surface area contributed by atoms with Crippen LogP contribution in [0.4, 0.5) is 0 Å². The van der Waals surface area contributed by atoms with E-state index in [-0.39, 0.29) is 6.04 Å². The van der Waals surface area contributed by atoms with Crippen LogP contribution in [0.5, 0.6) is 0 Å². The SMILES string of the molecule is Cc1cccc2c1[nH]c(=S)n2C(c1cccs1)C(C)C. The molecule has 2 nitrogen and oxygen atoms in total.